The van der Waals surface area contributed by atoms with E-state index in [1.165, 1.54) is 0 Å². The monoisotopic (exact) mass is 237 g/mol. The molecule has 0 bridgehead atoms. The molecule has 0 amide bonds. The summed E-state index contributed by atoms with van der Waals surface area (Å²) in [6.07, 6.45) is 0.0584. The standard InChI is InChI=1S/C9H19NO4S/c1-2-15(11,12)6-5-13-8-9-7-10-3-4-14-9/h9-10H,2-8H2,1H3. The van der Waals surface area contributed by atoms with Gasteiger partial charge >= 0.3 is 0 Å². The van der Waals surface area contributed by atoms with E-state index in [1.54, 1.807) is 6.92 Å². The van der Waals surface area contributed by atoms with Gasteiger partial charge in [-0.15, -0.1) is 0 Å². The van der Waals surface area contributed by atoms with Gasteiger partial charge in [0, 0.05) is 18.8 Å². The van der Waals surface area contributed by atoms with E-state index in [2.05, 4.69) is 5.32 Å². The average Bonchev–Trinajstić information content (AvgIpc) is 2.26. The molecule has 1 fully saturated rings. The molecular weight excluding hydrogens is 218 g/mol. The number of hydrogen-bond donors (Lipinski definition) is 1. The van der Waals surface area contributed by atoms with Gasteiger partial charge in [-0.05, 0) is 0 Å². The van der Waals surface area contributed by atoms with Gasteiger partial charge in [0.05, 0.1) is 31.7 Å². The maximum Gasteiger partial charge on any atom is 0.152 e. The van der Waals surface area contributed by atoms with Crippen LogP contribution in [0.5, 0.6) is 0 Å². The SMILES string of the molecule is CCS(=O)(=O)CCOCC1CNCCO1. The Kier molecular flexibility index (Phi) is 5.52. The summed E-state index contributed by atoms with van der Waals surface area (Å²) >= 11 is 0. The van der Waals surface area contributed by atoms with Crippen molar-refractivity contribution in [3.05, 3.63) is 0 Å². The Hall–Kier alpha value is -0.170. The van der Waals surface area contributed by atoms with Gasteiger partial charge in [0.25, 0.3) is 0 Å². The third-order valence-electron chi connectivity index (χ3n) is 2.29. The molecule has 1 heterocycles. The van der Waals surface area contributed by atoms with E-state index in [-0.39, 0.29) is 24.2 Å². The highest BCUT2D eigenvalue weighted by atomic mass is 32.2. The number of ether oxygens (including phenoxy) is 2. The second kappa shape index (κ2) is 6.42. The normalized spacial score (nSPS) is 22.9. The molecule has 5 nitrogen and oxygen atoms in total. The molecule has 1 aliphatic rings. The van der Waals surface area contributed by atoms with Gasteiger partial charge in [-0.1, -0.05) is 6.92 Å². The highest BCUT2D eigenvalue weighted by Gasteiger charge is 2.14. The van der Waals surface area contributed by atoms with Crippen LogP contribution in [0.2, 0.25) is 0 Å². The van der Waals surface area contributed by atoms with Crippen LogP contribution in [0.3, 0.4) is 0 Å². The lowest BCUT2D eigenvalue weighted by molar-refractivity contribution is -0.0283. The molecule has 0 aromatic rings. The topological polar surface area (TPSA) is 64.6 Å². The van der Waals surface area contributed by atoms with Gasteiger partial charge in [0.2, 0.25) is 0 Å². The second-order valence-electron chi connectivity index (χ2n) is 3.51. The van der Waals surface area contributed by atoms with Gasteiger partial charge in [-0.3, -0.25) is 0 Å². The maximum absolute atomic E-state index is 11.1. The molecule has 90 valence electrons. The number of hydrogen-bond acceptors (Lipinski definition) is 5. The lowest BCUT2D eigenvalue weighted by atomic mass is 10.3. The van der Waals surface area contributed by atoms with Crippen molar-refractivity contribution in [2.24, 2.45) is 0 Å². The molecule has 15 heavy (non-hydrogen) atoms. The van der Waals surface area contributed by atoms with E-state index >= 15 is 0 Å². The van der Waals surface area contributed by atoms with Crippen LogP contribution in [0.15, 0.2) is 0 Å². The number of rotatable bonds is 6. The van der Waals surface area contributed by atoms with Gasteiger partial charge in [0.1, 0.15) is 0 Å². The van der Waals surface area contributed by atoms with Crippen molar-refractivity contribution in [3.8, 4) is 0 Å². The second-order valence-corrected chi connectivity index (χ2v) is 5.98. The minimum Gasteiger partial charge on any atom is -0.378 e. The predicted octanol–water partition coefficient (Wildman–Crippen LogP) is -0.574. The average molecular weight is 237 g/mol. The summed E-state index contributed by atoms with van der Waals surface area (Å²) in [6.45, 7) is 4.72. The summed E-state index contributed by atoms with van der Waals surface area (Å²) < 4.78 is 32.9. The van der Waals surface area contributed by atoms with Crippen LogP contribution in [-0.4, -0.2) is 58.9 Å². The first-order chi connectivity index (χ1) is 7.14. The van der Waals surface area contributed by atoms with Gasteiger partial charge in [-0.25, -0.2) is 8.42 Å². The molecule has 1 N–H and O–H groups in total. The van der Waals surface area contributed by atoms with Crippen molar-refractivity contribution < 1.29 is 17.9 Å². The Morgan fingerprint density at radius 2 is 2.33 bits per heavy atom. The molecule has 1 atom stereocenters. The van der Waals surface area contributed by atoms with Gasteiger partial charge < -0.3 is 14.8 Å². The molecule has 0 aliphatic carbocycles. The Labute approximate surface area is 91.1 Å². The summed E-state index contributed by atoms with van der Waals surface area (Å²) in [7, 11) is -2.90. The molecule has 1 saturated heterocycles. The molecule has 1 unspecified atom stereocenters. The zero-order valence-electron chi connectivity index (χ0n) is 9.07. The Morgan fingerprint density at radius 3 is 2.93 bits per heavy atom. The third kappa shape index (κ3) is 5.46. The summed E-state index contributed by atoms with van der Waals surface area (Å²) in [5.74, 6) is 0.279. The smallest absolute Gasteiger partial charge is 0.152 e. The number of morpholine rings is 1. The lowest BCUT2D eigenvalue weighted by Gasteiger charge is -2.23. The molecular formula is C9H19NO4S. The lowest BCUT2D eigenvalue weighted by Crippen LogP contribution is -2.41. The van der Waals surface area contributed by atoms with Crippen molar-refractivity contribution in [2.45, 2.75) is 13.0 Å². The van der Waals surface area contributed by atoms with Crippen LogP contribution in [-0.2, 0) is 19.3 Å². The molecule has 0 aromatic carbocycles. The highest BCUT2D eigenvalue weighted by Crippen LogP contribution is 1.97. The predicted molar refractivity (Wildman–Crippen MR) is 57.8 cm³/mol. The van der Waals surface area contributed by atoms with Crippen LogP contribution in [0.25, 0.3) is 0 Å². The first kappa shape index (κ1) is 12.9. The van der Waals surface area contributed by atoms with Crippen molar-refractivity contribution in [1.29, 1.82) is 0 Å². The van der Waals surface area contributed by atoms with E-state index in [0.29, 0.717) is 13.2 Å². The van der Waals surface area contributed by atoms with E-state index in [9.17, 15) is 8.42 Å². The molecule has 1 aliphatic heterocycles. The molecule has 0 spiro atoms. The van der Waals surface area contributed by atoms with E-state index < -0.39 is 9.84 Å². The van der Waals surface area contributed by atoms with Crippen LogP contribution in [0.4, 0.5) is 0 Å². The van der Waals surface area contributed by atoms with Crippen molar-refractivity contribution in [1.82, 2.24) is 5.32 Å². The summed E-state index contributed by atoms with van der Waals surface area (Å²) in [5.41, 5.74) is 0. The zero-order valence-corrected chi connectivity index (χ0v) is 9.88. The number of nitrogens with one attached hydrogen (secondary N) is 1. The van der Waals surface area contributed by atoms with Crippen molar-refractivity contribution in [2.75, 3.05) is 44.4 Å². The Balaban J connectivity index is 2.06. The molecule has 0 aromatic heterocycles. The van der Waals surface area contributed by atoms with Crippen LogP contribution >= 0.6 is 0 Å². The minimum atomic E-state index is -2.90. The first-order valence-corrected chi connectivity index (χ1v) is 7.06. The fourth-order valence-electron chi connectivity index (χ4n) is 1.27. The summed E-state index contributed by atoms with van der Waals surface area (Å²) in [4.78, 5) is 0. The van der Waals surface area contributed by atoms with Crippen LogP contribution in [0.1, 0.15) is 6.92 Å². The highest BCUT2D eigenvalue weighted by molar-refractivity contribution is 7.91. The molecule has 0 radical (unpaired) electrons. The Morgan fingerprint density at radius 1 is 1.53 bits per heavy atom. The van der Waals surface area contributed by atoms with Gasteiger partial charge in [0.15, 0.2) is 9.84 Å². The van der Waals surface area contributed by atoms with E-state index in [0.717, 1.165) is 13.1 Å². The first-order valence-electron chi connectivity index (χ1n) is 5.24. The van der Waals surface area contributed by atoms with E-state index in [1.807, 2.05) is 0 Å². The molecule has 0 saturated carbocycles. The van der Waals surface area contributed by atoms with E-state index in [4.69, 9.17) is 9.47 Å². The quantitative estimate of drug-likeness (QED) is 0.627. The van der Waals surface area contributed by atoms with Crippen LogP contribution in [0, 0.1) is 0 Å². The zero-order chi connectivity index (χ0) is 11.1. The fourth-order valence-corrected chi connectivity index (χ4v) is 1.93. The number of sulfone groups is 1. The molecule has 1 rings (SSSR count). The van der Waals surface area contributed by atoms with Crippen molar-refractivity contribution >= 4 is 9.84 Å². The van der Waals surface area contributed by atoms with Crippen LogP contribution < -0.4 is 5.32 Å². The Bertz CT molecular complexity index is 259. The summed E-state index contributed by atoms with van der Waals surface area (Å²) in [5, 5.41) is 3.18. The largest absolute Gasteiger partial charge is 0.378 e. The minimum absolute atomic E-state index is 0.0584. The fraction of sp³-hybridized carbons (Fsp3) is 1.00. The maximum atomic E-state index is 11.1. The van der Waals surface area contributed by atoms with Crippen molar-refractivity contribution in [3.63, 3.8) is 0 Å². The summed E-state index contributed by atoms with van der Waals surface area (Å²) in [6, 6.07) is 0. The molecule has 6 heteroatoms. The van der Waals surface area contributed by atoms with Gasteiger partial charge in [-0.2, -0.15) is 0 Å². The third-order valence-corrected chi connectivity index (χ3v) is 3.95.